The minimum Gasteiger partial charge on any atom is -0.385 e. The van der Waals surface area contributed by atoms with Gasteiger partial charge in [-0.25, -0.2) is 4.39 Å². The van der Waals surface area contributed by atoms with Gasteiger partial charge in [-0.15, -0.1) is 0 Å². The zero-order valence-electron chi connectivity index (χ0n) is 12.0. The fourth-order valence-corrected chi connectivity index (χ4v) is 1.85. The van der Waals surface area contributed by atoms with Gasteiger partial charge in [0.25, 0.3) is 0 Å². The third kappa shape index (κ3) is 5.07. The van der Waals surface area contributed by atoms with Crippen LogP contribution in [-0.2, 0) is 9.53 Å². The lowest BCUT2D eigenvalue weighted by Gasteiger charge is -2.23. The molecule has 1 aromatic rings. The van der Waals surface area contributed by atoms with E-state index in [0.29, 0.717) is 12.3 Å². The Morgan fingerprint density at radius 1 is 1.55 bits per heavy atom. The maximum Gasteiger partial charge on any atom is 0.241 e. The van der Waals surface area contributed by atoms with Gasteiger partial charge in [0.15, 0.2) is 0 Å². The van der Waals surface area contributed by atoms with Crippen molar-refractivity contribution < 1.29 is 13.9 Å². The summed E-state index contributed by atoms with van der Waals surface area (Å²) in [6.45, 7) is 3.23. The van der Waals surface area contributed by atoms with Crippen LogP contribution in [-0.4, -0.2) is 44.2 Å². The molecule has 0 spiro atoms. The molecule has 0 heterocycles. The van der Waals surface area contributed by atoms with Crippen LogP contribution < -0.4 is 5.32 Å². The molecular formula is C14H20ClFN2O2. The molecule has 4 nitrogen and oxygen atoms in total. The van der Waals surface area contributed by atoms with Gasteiger partial charge in [-0.3, -0.25) is 9.69 Å². The lowest BCUT2D eigenvalue weighted by molar-refractivity contribution is -0.120. The van der Waals surface area contributed by atoms with Gasteiger partial charge in [-0.05, 0) is 38.6 Å². The van der Waals surface area contributed by atoms with E-state index in [-0.39, 0.29) is 17.0 Å². The molecular weight excluding hydrogens is 283 g/mol. The molecule has 20 heavy (non-hydrogen) atoms. The van der Waals surface area contributed by atoms with E-state index in [1.807, 2.05) is 18.9 Å². The summed E-state index contributed by atoms with van der Waals surface area (Å²) in [5.74, 6) is -0.665. The zero-order chi connectivity index (χ0) is 15.1. The molecule has 0 aliphatic rings. The highest BCUT2D eigenvalue weighted by atomic mass is 35.5. The summed E-state index contributed by atoms with van der Waals surface area (Å²) in [5, 5.41) is 2.71. The number of ether oxygens (including phenoxy) is 1. The van der Waals surface area contributed by atoms with E-state index < -0.39 is 5.82 Å². The van der Waals surface area contributed by atoms with Crippen molar-refractivity contribution in [1.29, 1.82) is 0 Å². The maximum atomic E-state index is 13.0. The van der Waals surface area contributed by atoms with Crippen LogP contribution in [0.4, 0.5) is 10.1 Å². The molecule has 1 rings (SSSR count). The normalized spacial score (nSPS) is 12.5. The second kappa shape index (κ2) is 8.19. The summed E-state index contributed by atoms with van der Waals surface area (Å²) in [4.78, 5) is 14.0. The second-order valence-corrected chi connectivity index (χ2v) is 5.03. The number of hydrogen-bond acceptors (Lipinski definition) is 3. The standard InChI is InChI=1S/C14H20ClFN2O2/c1-10(18(2)7-4-8-20-3)14(19)17-11-5-6-13(16)12(15)9-11/h5-6,9-10H,4,7-8H2,1-3H3,(H,17,19). The highest BCUT2D eigenvalue weighted by molar-refractivity contribution is 6.31. The van der Waals surface area contributed by atoms with Gasteiger partial charge in [0.1, 0.15) is 5.82 Å². The average molecular weight is 303 g/mol. The predicted octanol–water partition coefficient (Wildman–Crippen LogP) is 2.77. The van der Waals surface area contributed by atoms with Crippen LogP contribution >= 0.6 is 11.6 Å². The molecule has 0 saturated carbocycles. The van der Waals surface area contributed by atoms with Gasteiger partial charge in [-0.2, -0.15) is 0 Å². The van der Waals surface area contributed by atoms with Crippen molar-refractivity contribution in [3.8, 4) is 0 Å². The van der Waals surface area contributed by atoms with Gasteiger partial charge >= 0.3 is 0 Å². The summed E-state index contributed by atoms with van der Waals surface area (Å²) in [7, 11) is 3.52. The molecule has 1 aromatic carbocycles. The Hall–Kier alpha value is -1.17. The molecule has 1 atom stereocenters. The number of hydrogen-bond donors (Lipinski definition) is 1. The second-order valence-electron chi connectivity index (χ2n) is 4.62. The van der Waals surface area contributed by atoms with Crippen LogP contribution in [0.2, 0.25) is 5.02 Å². The molecule has 112 valence electrons. The highest BCUT2D eigenvalue weighted by Gasteiger charge is 2.18. The fraction of sp³-hybridized carbons (Fsp3) is 0.500. The molecule has 0 fully saturated rings. The first kappa shape index (κ1) is 16.9. The van der Waals surface area contributed by atoms with Crippen molar-refractivity contribution in [3.05, 3.63) is 29.0 Å². The first-order valence-electron chi connectivity index (χ1n) is 6.40. The number of likely N-dealkylation sites (N-methyl/N-ethyl adjacent to an activating group) is 1. The number of nitrogens with zero attached hydrogens (tertiary/aromatic N) is 1. The van der Waals surface area contributed by atoms with Crippen LogP contribution in [0.3, 0.4) is 0 Å². The SMILES string of the molecule is COCCCN(C)C(C)C(=O)Nc1ccc(F)c(Cl)c1. The first-order chi connectivity index (χ1) is 9.45. The van der Waals surface area contributed by atoms with Crippen molar-refractivity contribution in [2.24, 2.45) is 0 Å². The van der Waals surface area contributed by atoms with E-state index in [2.05, 4.69) is 5.32 Å². The van der Waals surface area contributed by atoms with Crippen molar-refractivity contribution in [2.75, 3.05) is 32.6 Å². The first-order valence-corrected chi connectivity index (χ1v) is 6.78. The molecule has 1 amide bonds. The Balaban J connectivity index is 2.54. The number of methoxy groups -OCH3 is 1. The van der Waals surface area contributed by atoms with Crippen molar-refractivity contribution in [1.82, 2.24) is 4.90 Å². The molecule has 0 bridgehead atoms. The minimum atomic E-state index is -0.505. The van der Waals surface area contributed by atoms with E-state index in [9.17, 15) is 9.18 Å². The molecule has 6 heteroatoms. The molecule has 1 N–H and O–H groups in total. The number of nitrogens with one attached hydrogen (secondary N) is 1. The van der Waals surface area contributed by atoms with E-state index in [1.54, 1.807) is 7.11 Å². The number of amides is 1. The van der Waals surface area contributed by atoms with Gasteiger partial charge in [0.05, 0.1) is 11.1 Å². The molecule has 1 unspecified atom stereocenters. The average Bonchev–Trinajstić information content (AvgIpc) is 2.42. The van der Waals surface area contributed by atoms with Crippen LogP contribution in [0, 0.1) is 5.82 Å². The van der Waals surface area contributed by atoms with Crippen LogP contribution in [0.15, 0.2) is 18.2 Å². The molecule has 0 aliphatic heterocycles. The van der Waals surface area contributed by atoms with E-state index in [0.717, 1.165) is 13.0 Å². The quantitative estimate of drug-likeness (QED) is 0.788. The topological polar surface area (TPSA) is 41.6 Å². The number of anilines is 1. The lowest BCUT2D eigenvalue weighted by Crippen LogP contribution is -2.40. The third-order valence-electron chi connectivity index (χ3n) is 3.09. The van der Waals surface area contributed by atoms with Crippen LogP contribution in [0.5, 0.6) is 0 Å². The number of benzene rings is 1. The molecule has 0 radical (unpaired) electrons. The summed E-state index contributed by atoms with van der Waals surface area (Å²) >= 11 is 5.67. The van der Waals surface area contributed by atoms with Crippen molar-refractivity contribution >= 4 is 23.2 Å². The molecule has 0 aromatic heterocycles. The van der Waals surface area contributed by atoms with Gasteiger partial charge < -0.3 is 10.1 Å². The van der Waals surface area contributed by atoms with E-state index in [1.165, 1.54) is 18.2 Å². The Morgan fingerprint density at radius 3 is 2.85 bits per heavy atom. The van der Waals surface area contributed by atoms with Crippen molar-refractivity contribution in [3.63, 3.8) is 0 Å². The minimum absolute atomic E-state index is 0.0103. The van der Waals surface area contributed by atoms with Crippen LogP contribution in [0.1, 0.15) is 13.3 Å². The van der Waals surface area contributed by atoms with Gasteiger partial charge in [0.2, 0.25) is 5.91 Å². The summed E-state index contributed by atoms with van der Waals surface area (Å²) in [6.07, 6.45) is 0.854. The van der Waals surface area contributed by atoms with Crippen LogP contribution in [0.25, 0.3) is 0 Å². The Bertz CT molecular complexity index is 457. The van der Waals surface area contributed by atoms with Crippen molar-refractivity contribution in [2.45, 2.75) is 19.4 Å². The molecule has 0 aliphatic carbocycles. The monoisotopic (exact) mass is 302 g/mol. The summed E-state index contributed by atoms with van der Waals surface area (Å²) in [5.41, 5.74) is 0.485. The summed E-state index contributed by atoms with van der Waals surface area (Å²) in [6, 6.07) is 3.81. The third-order valence-corrected chi connectivity index (χ3v) is 3.38. The largest absolute Gasteiger partial charge is 0.385 e. The zero-order valence-corrected chi connectivity index (χ0v) is 12.7. The van der Waals surface area contributed by atoms with E-state index >= 15 is 0 Å². The number of carbonyl (C=O) groups excluding carboxylic acids is 1. The Kier molecular flexibility index (Phi) is 6.91. The number of rotatable bonds is 7. The highest BCUT2D eigenvalue weighted by Crippen LogP contribution is 2.19. The maximum absolute atomic E-state index is 13.0. The number of carbonyl (C=O) groups is 1. The smallest absolute Gasteiger partial charge is 0.241 e. The predicted molar refractivity (Wildman–Crippen MR) is 78.6 cm³/mol. The fourth-order valence-electron chi connectivity index (χ4n) is 1.67. The van der Waals surface area contributed by atoms with Gasteiger partial charge in [0, 0.05) is 25.9 Å². The Morgan fingerprint density at radius 2 is 2.25 bits per heavy atom. The summed E-state index contributed by atoms with van der Waals surface area (Å²) < 4.78 is 18.0. The lowest BCUT2D eigenvalue weighted by atomic mass is 10.2. The molecule has 0 saturated heterocycles. The van der Waals surface area contributed by atoms with Gasteiger partial charge in [-0.1, -0.05) is 11.6 Å². The van der Waals surface area contributed by atoms with E-state index in [4.69, 9.17) is 16.3 Å². The number of halogens is 2. The Labute approximate surface area is 123 Å².